The molecule has 0 bridgehead atoms. The van der Waals surface area contributed by atoms with E-state index in [9.17, 15) is 13.2 Å². The average Bonchev–Trinajstić information content (AvgIpc) is 2.71. The van der Waals surface area contributed by atoms with Crippen molar-refractivity contribution in [2.24, 2.45) is 0 Å². The minimum absolute atomic E-state index is 0.0602. The van der Waals surface area contributed by atoms with Gasteiger partial charge in [-0.05, 0) is 46.7 Å². The zero-order valence-corrected chi connectivity index (χ0v) is 13.8. The van der Waals surface area contributed by atoms with Crippen LogP contribution in [-0.4, -0.2) is 48.5 Å². The number of carboxylic acids is 1. The Labute approximate surface area is 132 Å². The second-order valence-corrected chi connectivity index (χ2v) is 8.46. The molecule has 1 N–H and O–H groups in total. The fourth-order valence-corrected chi connectivity index (χ4v) is 4.50. The smallest absolute Gasteiger partial charge is 0.317 e. The van der Waals surface area contributed by atoms with Gasteiger partial charge in [0.2, 0.25) is 0 Å². The number of sulfone groups is 1. The van der Waals surface area contributed by atoms with Crippen molar-refractivity contribution in [1.29, 1.82) is 0 Å². The van der Waals surface area contributed by atoms with E-state index in [1.54, 1.807) is 4.90 Å². The molecule has 0 aromatic heterocycles. The molecular formula is C13H16INO4S. The molecule has 1 heterocycles. The molecule has 0 saturated carbocycles. The Morgan fingerprint density at radius 3 is 2.50 bits per heavy atom. The lowest BCUT2D eigenvalue weighted by molar-refractivity contribution is -0.139. The second kappa shape index (κ2) is 6.40. The Balaban J connectivity index is 2.11. The molecule has 1 unspecified atom stereocenters. The van der Waals surface area contributed by atoms with Gasteiger partial charge in [0, 0.05) is 16.2 Å². The quantitative estimate of drug-likeness (QED) is 0.744. The van der Waals surface area contributed by atoms with Crippen LogP contribution in [0.3, 0.4) is 0 Å². The van der Waals surface area contributed by atoms with Gasteiger partial charge in [0.1, 0.15) is 0 Å². The van der Waals surface area contributed by atoms with Crippen LogP contribution in [0.4, 0.5) is 0 Å². The molecule has 110 valence electrons. The summed E-state index contributed by atoms with van der Waals surface area (Å²) in [6.07, 6.45) is 0.514. The van der Waals surface area contributed by atoms with E-state index >= 15 is 0 Å². The Hall–Kier alpha value is -0.670. The molecular weight excluding hydrogens is 393 g/mol. The third-order valence-electron chi connectivity index (χ3n) is 3.36. The molecule has 0 radical (unpaired) electrons. The number of hydrogen-bond acceptors (Lipinski definition) is 4. The van der Waals surface area contributed by atoms with E-state index < -0.39 is 15.8 Å². The highest BCUT2D eigenvalue weighted by Crippen LogP contribution is 2.20. The van der Waals surface area contributed by atoms with Gasteiger partial charge in [-0.15, -0.1) is 0 Å². The molecule has 1 fully saturated rings. The van der Waals surface area contributed by atoms with E-state index in [1.165, 1.54) is 0 Å². The molecule has 5 nitrogen and oxygen atoms in total. The van der Waals surface area contributed by atoms with E-state index in [-0.39, 0.29) is 24.1 Å². The summed E-state index contributed by atoms with van der Waals surface area (Å²) in [7, 11) is -3.01. The third-order valence-corrected chi connectivity index (χ3v) is 5.83. The number of hydrogen-bond donors (Lipinski definition) is 1. The summed E-state index contributed by atoms with van der Waals surface area (Å²) in [5.74, 6) is -0.717. The lowest BCUT2D eigenvalue weighted by atomic mass is 10.1. The van der Waals surface area contributed by atoms with Crippen LogP contribution in [0.25, 0.3) is 0 Å². The van der Waals surface area contributed by atoms with E-state index in [0.29, 0.717) is 13.0 Å². The van der Waals surface area contributed by atoms with Crippen LogP contribution in [0.2, 0.25) is 0 Å². The van der Waals surface area contributed by atoms with Gasteiger partial charge in [-0.25, -0.2) is 8.42 Å². The molecule has 2 rings (SSSR count). The topological polar surface area (TPSA) is 74.7 Å². The van der Waals surface area contributed by atoms with Gasteiger partial charge in [-0.3, -0.25) is 9.69 Å². The number of nitrogens with zero attached hydrogens (tertiary/aromatic N) is 1. The first kappa shape index (κ1) is 15.7. The Morgan fingerprint density at radius 2 is 2.00 bits per heavy atom. The van der Waals surface area contributed by atoms with Crippen molar-refractivity contribution in [3.8, 4) is 0 Å². The summed E-state index contributed by atoms with van der Waals surface area (Å²) < 4.78 is 24.2. The maximum atomic E-state index is 11.6. The van der Waals surface area contributed by atoms with Gasteiger partial charge < -0.3 is 5.11 Å². The highest BCUT2D eigenvalue weighted by molar-refractivity contribution is 14.1. The van der Waals surface area contributed by atoms with Crippen LogP contribution in [0.15, 0.2) is 24.3 Å². The van der Waals surface area contributed by atoms with Gasteiger partial charge >= 0.3 is 5.97 Å². The van der Waals surface area contributed by atoms with Crippen LogP contribution in [0.5, 0.6) is 0 Å². The Kier molecular flexibility index (Phi) is 5.03. The molecule has 1 aliphatic rings. The SMILES string of the molecule is O=C(O)CN(Cc1ccc(I)cc1)C1CCS(=O)(=O)C1. The molecule has 7 heteroatoms. The Bertz CT molecular complexity index is 585. The molecule has 0 spiro atoms. The van der Waals surface area contributed by atoms with Crippen molar-refractivity contribution in [3.63, 3.8) is 0 Å². The number of carboxylic acid groups (broad SMARTS) is 1. The fourth-order valence-electron chi connectivity index (χ4n) is 2.38. The molecule has 1 aromatic carbocycles. The van der Waals surface area contributed by atoms with Gasteiger partial charge in [0.15, 0.2) is 9.84 Å². The molecule has 1 saturated heterocycles. The predicted molar refractivity (Wildman–Crippen MR) is 84.3 cm³/mol. The summed E-state index contributed by atoms with van der Waals surface area (Å²) in [4.78, 5) is 12.7. The normalized spacial score (nSPS) is 21.2. The summed E-state index contributed by atoms with van der Waals surface area (Å²) in [6.45, 7) is 0.329. The third kappa shape index (κ3) is 4.42. The van der Waals surface area contributed by atoms with Crippen LogP contribution in [0, 0.1) is 3.57 Å². The lowest BCUT2D eigenvalue weighted by Crippen LogP contribution is -2.39. The van der Waals surface area contributed by atoms with E-state index in [4.69, 9.17) is 5.11 Å². The minimum Gasteiger partial charge on any atom is -0.480 e. The van der Waals surface area contributed by atoms with Crippen molar-refractivity contribution in [1.82, 2.24) is 4.90 Å². The first-order valence-corrected chi connectivity index (χ1v) is 9.16. The van der Waals surface area contributed by atoms with Crippen molar-refractivity contribution >= 4 is 38.4 Å². The predicted octanol–water partition coefficient (Wildman–Crippen LogP) is 1.36. The van der Waals surface area contributed by atoms with Gasteiger partial charge in [-0.1, -0.05) is 12.1 Å². The number of benzene rings is 1. The van der Waals surface area contributed by atoms with Crippen molar-refractivity contribution in [2.75, 3.05) is 18.1 Å². The average molecular weight is 409 g/mol. The van der Waals surface area contributed by atoms with Crippen LogP contribution >= 0.6 is 22.6 Å². The molecule has 1 aromatic rings. The zero-order chi connectivity index (χ0) is 14.8. The van der Waals surface area contributed by atoms with Gasteiger partial charge in [0.25, 0.3) is 0 Å². The highest BCUT2D eigenvalue weighted by atomic mass is 127. The standard InChI is InChI=1S/C13H16INO4S/c14-11-3-1-10(2-4-11)7-15(8-13(16)17)12-5-6-20(18,19)9-12/h1-4,12H,5-9H2,(H,16,17). The zero-order valence-electron chi connectivity index (χ0n) is 10.8. The summed E-state index contributed by atoms with van der Waals surface area (Å²) in [5, 5.41) is 9.00. The Morgan fingerprint density at radius 1 is 1.35 bits per heavy atom. The lowest BCUT2D eigenvalue weighted by Gasteiger charge is -2.26. The molecule has 1 aliphatic heterocycles. The first-order chi connectivity index (χ1) is 9.35. The molecule has 20 heavy (non-hydrogen) atoms. The van der Waals surface area contributed by atoms with Crippen LogP contribution in [-0.2, 0) is 21.2 Å². The van der Waals surface area contributed by atoms with Crippen molar-refractivity contribution in [3.05, 3.63) is 33.4 Å². The molecule has 1 atom stereocenters. The summed E-state index contributed by atoms with van der Waals surface area (Å²) in [6, 6.07) is 7.61. The minimum atomic E-state index is -3.01. The number of rotatable bonds is 5. The maximum absolute atomic E-state index is 11.6. The highest BCUT2D eigenvalue weighted by Gasteiger charge is 2.33. The monoisotopic (exact) mass is 409 g/mol. The van der Waals surface area contributed by atoms with Crippen LogP contribution in [0.1, 0.15) is 12.0 Å². The second-order valence-electron chi connectivity index (χ2n) is 4.98. The van der Waals surface area contributed by atoms with E-state index in [2.05, 4.69) is 22.6 Å². The number of carbonyl (C=O) groups is 1. The number of halogens is 1. The van der Waals surface area contributed by atoms with Crippen molar-refractivity contribution < 1.29 is 18.3 Å². The van der Waals surface area contributed by atoms with Gasteiger partial charge in [0.05, 0.1) is 18.1 Å². The van der Waals surface area contributed by atoms with Gasteiger partial charge in [-0.2, -0.15) is 0 Å². The van der Waals surface area contributed by atoms with E-state index in [1.807, 2.05) is 24.3 Å². The summed E-state index contributed by atoms with van der Waals surface area (Å²) >= 11 is 2.21. The largest absolute Gasteiger partial charge is 0.480 e. The van der Waals surface area contributed by atoms with E-state index in [0.717, 1.165) is 9.13 Å². The molecule has 0 amide bonds. The summed E-state index contributed by atoms with van der Waals surface area (Å²) in [5.41, 5.74) is 0.996. The maximum Gasteiger partial charge on any atom is 0.317 e. The fraction of sp³-hybridized carbons (Fsp3) is 0.462. The van der Waals surface area contributed by atoms with Crippen molar-refractivity contribution in [2.45, 2.75) is 19.0 Å². The molecule has 0 aliphatic carbocycles. The first-order valence-electron chi connectivity index (χ1n) is 6.26. The van der Waals surface area contributed by atoms with Crippen LogP contribution < -0.4 is 0 Å². The number of aliphatic carboxylic acids is 1.